The fourth-order valence-electron chi connectivity index (χ4n) is 1.66. The Kier molecular flexibility index (Phi) is 3.49. The van der Waals surface area contributed by atoms with Gasteiger partial charge in [0.15, 0.2) is 5.58 Å². The lowest BCUT2D eigenvalue weighted by Gasteiger charge is -2.13. The first-order valence-corrected chi connectivity index (χ1v) is 5.57. The Labute approximate surface area is 100 Å². The highest BCUT2D eigenvalue weighted by atomic mass is 16.5. The number of aromatic nitrogens is 1. The summed E-state index contributed by atoms with van der Waals surface area (Å²) in [5.41, 5.74) is 7.92. The smallest absolute Gasteiger partial charge is 0.298 e. The van der Waals surface area contributed by atoms with Crippen LogP contribution in [0.5, 0.6) is 0 Å². The lowest BCUT2D eigenvalue weighted by molar-refractivity contribution is 0.196. The summed E-state index contributed by atoms with van der Waals surface area (Å²) in [6, 6.07) is 6.14. The fourth-order valence-corrected chi connectivity index (χ4v) is 1.66. The van der Waals surface area contributed by atoms with E-state index in [1.165, 1.54) is 0 Å². The van der Waals surface area contributed by atoms with Gasteiger partial charge in [-0.3, -0.25) is 0 Å². The summed E-state index contributed by atoms with van der Waals surface area (Å²) in [6.45, 7) is 1.56. The minimum absolute atomic E-state index is 0.592. The molecule has 5 heteroatoms. The quantitative estimate of drug-likeness (QED) is 0.633. The molecule has 0 atom stereocenters. The van der Waals surface area contributed by atoms with Crippen LogP contribution in [0.25, 0.3) is 11.1 Å². The van der Waals surface area contributed by atoms with Gasteiger partial charge < -0.3 is 19.8 Å². The van der Waals surface area contributed by atoms with Crippen LogP contribution in [-0.4, -0.2) is 32.3 Å². The van der Waals surface area contributed by atoms with Crippen molar-refractivity contribution in [2.75, 3.05) is 37.9 Å². The second-order valence-electron chi connectivity index (χ2n) is 3.96. The highest BCUT2D eigenvalue weighted by Crippen LogP contribution is 2.25. The van der Waals surface area contributed by atoms with Gasteiger partial charge in [0.1, 0.15) is 5.52 Å². The summed E-state index contributed by atoms with van der Waals surface area (Å²) in [5.74, 6) is 0. The van der Waals surface area contributed by atoms with Gasteiger partial charge in [-0.15, -0.1) is 0 Å². The van der Waals surface area contributed by atoms with Crippen LogP contribution in [0.15, 0.2) is 22.6 Å². The predicted molar refractivity (Wildman–Crippen MR) is 68.2 cm³/mol. The maximum atomic E-state index is 5.83. The molecule has 0 fully saturated rings. The molecule has 0 aliphatic carbocycles. The number of nitrogens with zero attached hydrogens (tertiary/aromatic N) is 2. The van der Waals surface area contributed by atoms with Crippen LogP contribution >= 0.6 is 0 Å². The second-order valence-corrected chi connectivity index (χ2v) is 3.96. The molecule has 92 valence electrons. The summed E-state index contributed by atoms with van der Waals surface area (Å²) >= 11 is 0. The molecule has 0 saturated heterocycles. The number of oxazole rings is 1. The molecule has 1 aromatic heterocycles. The Balaban J connectivity index is 2.16. The minimum Gasteiger partial charge on any atom is -0.423 e. The number of anilines is 2. The Hall–Kier alpha value is -1.75. The zero-order valence-electron chi connectivity index (χ0n) is 10.1. The van der Waals surface area contributed by atoms with E-state index in [1.807, 2.05) is 30.1 Å². The number of para-hydroxylation sites is 1. The van der Waals surface area contributed by atoms with Gasteiger partial charge in [-0.1, -0.05) is 6.07 Å². The summed E-state index contributed by atoms with van der Waals surface area (Å²) in [7, 11) is 3.64. The van der Waals surface area contributed by atoms with Gasteiger partial charge in [-0.05, 0) is 18.6 Å². The molecule has 0 amide bonds. The summed E-state index contributed by atoms with van der Waals surface area (Å²) in [4.78, 5) is 6.34. The average molecular weight is 235 g/mol. The third kappa shape index (κ3) is 2.50. The molecule has 2 N–H and O–H groups in total. The van der Waals surface area contributed by atoms with Crippen molar-refractivity contribution in [2.45, 2.75) is 6.42 Å². The number of ether oxygens (including phenoxy) is 1. The topological polar surface area (TPSA) is 64.5 Å². The van der Waals surface area contributed by atoms with E-state index in [0.29, 0.717) is 11.7 Å². The average Bonchev–Trinajstić information content (AvgIpc) is 2.75. The van der Waals surface area contributed by atoms with Gasteiger partial charge in [0.05, 0.1) is 5.69 Å². The third-order valence-electron chi connectivity index (χ3n) is 2.61. The van der Waals surface area contributed by atoms with Gasteiger partial charge in [0.25, 0.3) is 6.01 Å². The second kappa shape index (κ2) is 5.05. The number of methoxy groups -OCH3 is 1. The maximum Gasteiger partial charge on any atom is 0.298 e. The number of hydrogen-bond acceptors (Lipinski definition) is 5. The molecule has 0 unspecified atom stereocenters. The zero-order chi connectivity index (χ0) is 12.3. The van der Waals surface area contributed by atoms with Crippen LogP contribution < -0.4 is 10.6 Å². The number of nitrogen functional groups attached to an aromatic ring is 1. The van der Waals surface area contributed by atoms with Gasteiger partial charge in [0.2, 0.25) is 0 Å². The molecule has 0 saturated carbocycles. The Bertz CT molecular complexity index is 495. The highest BCUT2D eigenvalue weighted by Gasteiger charge is 2.11. The van der Waals surface area contributed by atoms with Crippen LogP contribution in [-0.2, 0) is 4.74 Å². The summed E-state index contributed by atoms with van der Waals surface area (Å²) < 4.78 is 10.6. The van der Waals surface area contributed by atoms with Crippen molar-refractivity contribution in [3.05, 3.63) is 18.2 Å². The van der Waals surface area contributed by atoms with Crippen molar-refractivity contribution >= 4 is 22.8 Å². The van der Waals surface area contributed by atoms with E-state index >= 15 is 0 Å². The zero-order valence-corrected chi connectivity index (χ0v) is 10.1. The van der Waals surface area contributed by atoms with E-state index in [1.54, 1.807) is 7.11 Å². The molecule has 0 spiro atoms. The Morgan fingerprint density at radius 1 is 1.47 bits per heavy atom. The molecule has 2 aromatic rings. The molecule has 1 aromatic carbocycles. The molecule has 5 nitrogen and oxygen atoms in total. The normalized spacial score (nSPS) is 10.9. The van der Waals surface area contributed by atoms with Crippen LogP contribution in [0.3, 0.4) is 0 Å². The van der Waals surface area contributed by atoms with Crippen molar-refractivity contribution in [3.8, 4) is 0 Å². The third-order valence-corrected chi connectivity index (χ3v) is 2.61. The first kappa shape index (κ1) is 11.7. The van der Waals surface area contributed by atoms with E-state index in [0.717, 1.165) is 30.7 Å². The first-order valence-electron chi connectivity index (χ1n) is 5.57. The Morgan fingerprint density at radius 2 is 2.29 bits per heavy atom. The van der Waals surface area contributed by atoms with Gasteiger partial charge in [-0.2, -0.15) is 4.98 Å². The number of rotatable bonds is 5. The molecule has 17 heavy (non-hydrogen) atoms. The number of nitrogens with two attached hydrogens (primary N) is 1. The predicted octanol–water partition coefficient (Wildman–Crippen LogP) is 1.88. The SMILES string of the molecule is COCCCN(C)c1nc2c(N)cccc2o1. The van der Waals surface area contributed by atoms with Crippen molar-refractivity contribution in [2.24, 2.45) is 0 Å². The van der Waals surface area contributed by atoms with Crippen molar-refractivity contribution in [1.29, 1.82) is 0 Å². The van der Waals surface area contributed by atoms with Crippen LogP contribution in [0.1, 0.15) is 6.42 Å². The van der Waals surface area contributed by atoms with Crippen LogP contribution in [0.4, 0.5) is 11.7 Å². The largest absolute Gasteiger partial charge is 0.423 e. The number of benzene rings is 1. The molecule has 0 bridgehead atoms. The summed E-state index contributed by atoms with van der Waals surface area (Å²) in [5, 5.41) is 0. The molecule has 1 heterocycles. The minimum atomic E-state index is 0.592. The standard InChI is InChI=1S/C12H17N3O2/c1-15(7-4-8-16-2)12-14-11-9(13)5-3-6-10(11)17-12/h3,5-6H,4,7-8,13H2,1-2H3. The van der Waals surface area contributed by atoms with E-state index in [4.69, 9.17) is 14.9 Å². The lowest BCUT2D eigenvalue weighted by Crippen LogP contribution is -2.19. The molecule has 0 aliphatic heterocycles. The maximum absolute atomic E-state index is 5.83. The lowest BCUT2D eigenvalue weighted by atomic mass is 10.3. The van der Waals surface area contributed by atoms with Crippen molar-refractivity contribution in [1.82, 2.24) is 4.98 Å². The van der Waals surface area contributed by atoms with Crippen molar-refractivity contribution < 1.29 is 9.15 Å². The van der Waals surface area contributed by atoms with Crippen LogP contribution in [0, 0.1) is 0 Å². The number of fused-ring (bicyclic) bond motifs is 1. The highest BCUT2D eigenvalue weighted by molar-refractivity contribution is 5.86. The van der Waals surface area contributed by atoms with Gasteiger partial charge >= 0.3 is 0 Å². The van der Waals surface area contributed by atoms with Crippen LogP contribution in [0.2, 0.25) is 0 Å². The first-order chi connectivity index (χ1) is 8.22. The van der Waals surface area contributed by atoms with E-state index < -0.39 is 0 Å². The fraction of sp³-hybridized carbons (Fsp3) is 0.417. The molecule has 2 rings (SSSR count). The van der Waals surface area contributed by atoms with E-state index in [-0.39, 0.29) is 0 Å². The Morgan fingerprint density at radius 3 is 3.00 bits per heavy atom. The molecule has 0 aliphatic rings. The molecular formula is C12H17N3O2. The molecule has 0 radical (unpaired) electrons. The summed E-state index contributed by atoms with van der Waals surface area (Å²) in [6.07, 6.45) is 0.932. The molecular weight excluding hydrogens is 218 g/mol. The van der Waals surface area contributed by atoms with Gasteiger partial charge in [0, 0.05) is 27.3 Å². The van der Waals surface area contributed by atoms with Gasteiger partial charge in [-0.25, -0.2) is 0 Å². The van der Waals surface area contributed by atoms with E-state index in [9.17, 15) is 0 Å². The monoisotopic (exact) mass is 235 g/mol. The van der Waals surface area contributed by atoms with Crippen molar-refractivity contribution in [3.63, 3.8) is 0 Å². The van der Waals surface area contributed by atoms with E-state index in [2.05, 4.69) is 4.98 Å². The number of hydrogen-bond donors (Lipinski definition) is 1.